The predicted octanol–water partition coefficient (Wildman–Crippen LogP) is 19.1. The van der Waals surface area contributed by atoms with Gasteiger partial charge in [0.15, 0.2) is 82.7 Å². The Kier molecular flexibility index (Phi) is 24.8. The molecule has 13 aromatic rings. The van der Waals surface area contributed by atoms with E-state index in [9.17, 15) is 57.5 Å². The van der Waals surface area contributed by atoms with Crippen LogP contribution in [0.5, 0.6) is 17.2 Å². The third kappa shape index (κ3) is 16.1. The van der Waals surface area contributed by atoms with Gasteiger partial charge >= 0.3 is 21.2 Å². The summed E-state index contributed by atoms with van der Waals surface area (Å²) in [6.07, 6.45) is -7.22. The number of nitrogens with zero attached hydrogens (tertiary/aromatic N) is 2. The molecule has 112 heavy (non-hydrogen) atoms. The van der Waals surface area contributed by atoms with Gasteiger partial charge in [0, 0.05) is 45.3 Å². The summed E-state index contributed by atoms with van der Waals surface area (Å²) in [5.74, 6) is -68.6. The minimum absolute atomic E-state index is 0.0107. The Morgan fingerprint density at radius 2 is 0.527 bits per heavy atom. The molecule has 0 bridgehead atoms. The number of carbonyl (C=O) groups excluding carboxylic acids is 1. The first-order valence-electron chi connectivity index (χ1n) is 33.4. The second kappa shape index (κ2) is 34.2. The van der Waals surface area contributed by atoms with Gasteiger partial charge in [0.1, 0.15) is 69.9 Å². The number of hydrogen-bond donors (Lipinski definition) is 0. The van der Waals surface area contributed by atoms with Gasteiger partial charge in [-0.3, -0.25) is 4.79 Å². The molecule has 0 spiro atoms. The Hall–Kier alpha value is -11.9. The first kappa shape index (κ1) is 81.1. The van der Waals surface area contributed by atoms with Gasteiger partial charge in [-0.15, -0.1) is 21.9 Å². The Morgan fingerprint density at radius 3 is 0.812 bits per heavy atom. The van der Waals surface area contributed by atoms with Gasteiger partial charge in [-0.1, -0.05) is 110 Å². The van der Waals surface area contributed by atoms with Crippen molar-refractivity contribution in [1.82, 2.24) is 0 Å². The van der Waals surface area contributed by atoms with Gasteiger partial charge in [-0.25, -0.2) is 87.8 Å². The summed E-state index contributed by atoms with van der Waals surface area (Å²) in [4.78, 5) is 17.4. The quantitative estimate of drug-likeness (QED) is 0.0214. The maximum atomic E-state index is 15.4. The Morgan fingerprint density at radius 1 is 0.295 bits per heavy atom. The molecule has 0 atom stereocenters. The third-order valence-electron chi connectivity index (χ3n) is 18.0. The number of ketones is 1. The average molecular weight is 1670 g/mol. The zero-order chi connectivity index (χ0) is 80.9. The fourth-order valence-corrected chi connectivity index (χ4v) is 14.5. The smallest absolute Gasteiger partial charge is 0.357 e. The van der Waals surface area contributed by atoms with Crippen LogP contribution >= 0.6 is 0 Å². The van der Waals surface area contributed by atoms with Crippen LogP contribution in [0.2, 0.25) is 0 Å². The molecule has 0 aliphatic rings. The zero-order valence-electron chi connectivity index (χ0n) is 58.7. The SMILES string of the molecule is COc1ccc(N(c2ccccc2)c2ccc(N(c3ccccc3)c3ccc(Oc4ccc(C(=O)c5ccc(C)cc5)cc4)cc3)cc2)cc1.Cc1ccc([I+]c2ccc(C(C)C)cc2)cc1.Fc1c(F)c(F)c([B-](c2c(F)c(F)c(F)c(F)c2F)(c2c(F)c(F)c(F)c(F)c2F)c2c(F)c(F)c(F)c(F)c2F)c(F)c1F. The Labute approximate surface area is 637 Å². The maximum Gasteiger partial charge on any atom is 0.357 e. The summed E-state index contributed by atoms with van der Waals surface area (Å²) < 4.78 is 309. The number of ether oxygens (including phenoxy) is 2. The molecular formula is C85H54BF20IN2O3. The van der Waals surface area contributed by atoms with Crippen molar-refractivity contribution in [2.45, 2.75) is 33.6 Å². The highest BCUT2D eigenvalue weighted by Gasteiger charge is 2.52. The van der Waals surface area contributed by atoms with E-state index < -0.39 is 144 Å². The van der Waals surface area contributed by atoms with Crippen LogP contribution in [0.25, 0.3) is 0 Å². The van der Waals surface area contributed by atoms with Crippen LogP contribution in [0, 0.1) is 137 Å². The summed E-state index contributed by atoms with van der Waals surface area (Å²) in [6.45, 7) is 8.63. The van der Waals surface area contributed by atoms with Gasteiger partial charge in [-0.05, 0) is 171 Å². The standard InChI is InChI=1S/C45H36N2O3.C24BF20.C16H18I/c1-33-13-15-34(16-14-33)45(48)35-17-27-43(28-18-35)50-44-31-25-41(26-32-44)47(37-11-7-4-8-12-37)39-21-19-38(20-22-39)46(36-9-5-3-6-10-36)40-23-29-42(49-2)30-24-40;26-5-1(6(27)14(35)21(42)13(5)34)25(2-7(28)15(36)22(43)16(37)8(2)29,3-9(30)17(38)23(44)18(39)10(3)31)4-11(32)19(40)24(45)20(41)12(4)33;1-12(2)14-6-10-16(11-7-14)17-15-8-4-13(3)5-9-15/h3-32H,1-2H3;;4-12H,1-3H3/q;-1;+1. The summed E-state index contributed by atoms with van der Waals surface area (Å²) in [5, 5.41) is 0. The molecule has 13 rings (SSSR count). The normalized spacial score (nSPS) is 11.2. The highest BCUT2D eigenvalue weighted by atomic mass is 127. The number of methoxy groups -OCH3 is 1. The molecule has 0 N–H and O–H groups in total. The molecular weight excluding hydrogens is 1610 g/mol. The van der Waals surface area contributed by atoms with E-state index in [1.807, 2.05) is 104 Å². The molecule has 0 aromatic heterocycles. The van der Waals surface area contributed by atoms with Gasteiger partial charge < -0.3 is 19.3 Å². The van der Waals surface area contributed by atoms with Crippen molar-refractivity contribution in [3.05, 3.63) is 382 Å². The lowest BCUT2D eigenvalue weighted by molar-refractivity contribution is -0.597. The molecule has 0 aliphatic carbocycles. The van der Waals surface area contributed by atoms with E-state index in [0.29, 0.717) is 28.5 Å². The summed E-state index contributed by atoms with van der Waals surface area (Å²) in [6, 6.07) is 78.3. The topological polar surface area (TPSA) is 42.0 Å². The third-order valence-corrected chi connectivity index (χ3v) is 20.6. The minimum atomic E-state index is -7.22. The van der Waals surface area contributed by atoms with Gasteiger partial charge in [0.05, 0.1) is 7.11 Å². The van der Waals surface area contributed by atoms with E-state index in [4.69, 9.17) is 9.47 Å². The Balaban J connectivity index is 0.000000184. The van der Waals surface area contributed by atoms with Crippen molar-refractivity contribution < 1.29 is 123 Å². The van der Waals surface area contributed by atoms with Crippen LogP contribution in [-0.2, 0) is 0 Å². The molecule has 0 aliphatic heterocycles. The largest absolute Gasteiger partial charge is 0.497 e. The van der Waals surface area contributed by atoms with Crippen molar-refractivity contribution in [1.29, 1.82) is 0 Å². The van der Waals surface area contributed by atoms with Crippen LogP contribution in [-0.4, -0.2) is 19.0 Å². The van der Waals surface area contributed by atoms with E-state index in [1.54, 1.807) is 19.2 Å². The zero-order valence-corrected chi connectivity index (χ0v) is 60.8. The van der Waals surface area contributed by atoms with Crippen molar-refractivity contribution in [2.24, 2.45) is 0 Å². The van der Waals surface area contributed by atoms with Crippen LogP contribution in [0.3, 0.4) is 0 Å². The van der Waals surface area contributed by atoms with E-state index in [2.05, 4.69) is 152 Å². The van der Waals surface area contributed by atoms with Crippen molar-refractivity contribution in [3.8, 4) is 17.2 Å². The summed E-state index contributed by atoms with van der Waals surface area (Å²) in [7, 11) is 1.68. The number of para-hydroxylation sites is 2. The van der Waals surface area contributed by atoms with Crippen LogP contribution in [0.1, 0.15) is 52.4 Å². The van der Waals surface area contributed by atoms with E-state index in [1.165, 1.54) is 18.3 Å². The molecule has 27 heteroatoms. The Bertz CT molecular complexity index is 5220. The molecule has 0 saturated heterocycles. The first-order valence-corrected chi connectivity index (χ1v) is 35.6. The molecule has 13 aromatic carbocycles. The number of rotatable bonds is 18. The van der Waals surface area contributed by atoms with E-state index in [0.717, 1.165) is 45.4 Å². The van der Waals surface area contributed by atoms with Crippen molar-refractivity contribution in [3.63, 3.8) is 0 Å². The maximum absolute atomic E-state index is 15.4. The van der Waals surface area contributed by atoms with Crippen molar-refractivity contribution >= 4 is 67.9 Å². The van der Waals surface area contributed by atoms with Gasteiger partial charge in [0.25, 0.3) is 0 Å². The molecule has 5 nitrogen and oxygen atoms in total. The molecule has 0 heterocycles. The van der Waals surface area contributed by atoms with Crippen LogP contribution in [0.15, 0.2) is 231 Å². The molecule has 0 unspecified atom stereocenters. The fourth-order valence-electron chi connectivity index (χ4n) is 12.4. The lowest BCUT2D eigenvalue weighted by atomic mass is 9.12. The van der Waals surface area contributed by atoms with E-state index >= 15 is 35.1 Å². The van der Waals surface area contributed by atoms with E-state index in [-0.39, 0.29) is 27.0 Å². The fraction of sp³-hybridized carbons (Fsp3) is 0.0706. The first-order chi connectivity index (χ1) is 53.4. The summed E-state index contributed by atoms with van der Waals surface area (Å²) >= 11 is -0.0167. The number of anilines is 6. The second-order valence-corrected chi connectivity index (χ2v) is 28.3. The van der Waals surface area contributed by atoms with Crippen molar-refractivity contribution in [2.75, 3.05) is 16.9 Å². The number of benzene rings is 13. The molecule has 0 amide bonds. The van der Waals surface area contributed by atoms with Gasteiger partial charge in [-0.2, -0.15) is 0 Å². The molecule has 0 saturated carbocycles. The lowest BCUT2D eigenvalue weighted by Crippen LogP contribution is -3.61. The summed E-state index contributed by atoms with van der Waals surface area (Å²) in [5.41, 5.74) is -2.96. The molecule has 0 radical (unpaired) electrons. The highest BCUT2D eigenvalue weighted by Crippen LogP contribution is 2.41. The highest BCUT2D eigenvalue weighted by molar-refractivity contribution is 7.20. The predicted molar refractivity (Wildman–Crippen MR) is 382 cm³/mol. The second-order valence-electron chi connectivity index (χ2n) is 25.3. The monoisotopic (exact) mass is 1670 g/mol. The number of carbonyl (C=O) groups is 1. The van der Waals surface area contributed by atoms with Crippen LogP contribution < -0.4 is 62.3 Å². The lowest BCUT2D eigenvalue weighted by Gasteiger charge is -2.44. The molecule has 0 fully saturated rings. The number of aryl methyl sites for hydroxylation is 2. The molecule has 572 valence electrons. The minimum Gasteiger partial charge on any atom is -0.497 e. The number of halogens is 21. The number of hydrogen-bond acceptors (Lipinski definition) is 5. The van der Waals surface area contributed by atoms with Gasteiger partial charge in [0.2, 0.25) is 0 Å². The van der Waals surface area contributed by atoms with Crippen LogP contribution in [0.4, 0.5) is 122 Å². The average Bonchev–Trinajstić information content (AvgIpc) is 0.680.